The summed E-state index contributed by atoms with van der Waals surface area (Å²) in [6.07, 6.45) is -0.693. The van der Waals surface area contributed by atoms with Gasteiger partial charge in [0.2, 0.25) is 0 Å². The van der Waals surface area contributed by atoms with Crippen LogP contribution in [0.1, 0.15) is 17.0 Å². The first-order chi connectivity index (χ1) is 16.9. The fourth-order valence-corrected chi connectivity index (χ4v) is 4.60. The van der Waals surface area contributed by atoms with Gasteiger partial charge in [0, 0.05) is 16.6 Å². The van der Waals surface area contributed by atoms with Crippen molar-refractivity contribution in [1.82, 2.24) is 4.90 Å². The number of amides is 2. The van der Waals surface area contributed by atoms with E-state index in [1.165, 1.54) is 12.1 Å². The number of benzene rings is 3. The van der Waals surface area contributed by atoms with Crippen LogP contribution in [0.3, 0.4) is 0 Å². The van der Waals surface area contributed by atoms with Gasteiger partial charge in [-0.3, -0.25) is 19.9 Å². The van der Waals surface area contributed by atoms with Gasteiger partial charge in [-0.05, 0) is 35.4 Å². The van der Waals surface area contributed by atoms with Crippen LogP contribution < -0.4 is 5.01 Å². The van der Waals surface area contributed by atoms with Gasteiger partial charge in [0.25, 0.3) is 11.6 Å². The molecular formula is C25H19BrN4O5. The third-order valence-electron chi connectivity index (χ3n) is 5.99. The Morgan fingerprint density at radius 3 is 2.31 bits per heavy atom. The summed E-state index contributed by atoms with van der Waals surface area (Å²) in [4.78, 5) is 38.0. The maximum absolute atomic E-state index is 13.8. The van der Waals surface area contributed by atoms with Gasteiger partial charge in [-0.2, -0.15) is 5.10 Å². The maximum atomic E-state index is 13.8. The van der Waals surface area contributed by atoms with Crippen LogP contribution in [0.5, 0.6) is 0 Å². The van der Waals surface area contributed by atoms with Crippen molar-refractivity contribution < 1.29 is 19.2 Å². The lowest BCUT2D eigenvalue weighted by molar-refractivity contribution is -0.384. The lowest BCUT2D eigenvalue weighted by Gasteiger charge is -2.29. The Kier molecular flexibility index (Phi) is 6.04. The highest BCUT2D eigenvalue weighted by atomic mass is 79.9. The molecule has 0 radical (unpaired) electrons. The summed E-state index contributed by atoms with van der Waals surface area (Å²) in [6.45, 7) is 0.278. The van der Waals surface area contributed by atoms with Gasteiger partial charge in [-0.25, -0.2) is 9.69 Å². The molecule has 3 aromatic carbocycles. The second-order valence-corrected chi connectivity index (χ2v) is 8.96. The Balaban J connectivity index is 1.67. The molecule has 5 rings (SSSR count). The molecule has 2 atom stereocenters. The molecule has 35 heavy (non-hydrogen) atoms. The number of nitrogens with zero attached hydrogens (tertiary/aromatic N) is 4. The molecule has 2 heterocycles. The number of hydrogen-bond donors (Lipinski definition) is 0. The van der Waals surface area contributed by atoms with E-state index < -0.39 is 28.9 Å². The van der Waals surface area contributed by atoms with Crippen molar-refractivity contribution in [1.29, 1.82) is 0 Å². The largest absolute Gasteiger partial charge is 0.447 e. The van der Waals surface area contributed by atoms with Crippen molar-refractivity contribution >= 4 is 45.0 Å². The van der Waals surface area contributed by atoms with Crippen molar-refractivity contribution in [2.24, 2.45) is 5.10 Å². The van der Waals surface area contributed by atoms with Crippen molar-refractivity contribution in [3.05, 3.63) is 105 Å². The molecule has 0 aromatic heterocycles. The molecule has 2 aliphatic heterocycles. The van der Waals surface area contributed by atoms with Crippen molar-refractivity contribution in [3.8, 4) is 0 Å². The number of ether oxygens (including phenoxy) is 1. The van der Waals surface area contributed by atoms with Gasteiger partial charge < -0.3 is 4.74 Å². The highest BCUT2D eigenvalue weighted by Crippen LogP contribution is 2.39. The Morgan fingerprint density at radius 1 is 1.03 bits per heavy atom. The van der Waals surface area contributed by atoms with Crippen LogP contribution >= 0.6 is 15.9 Å². The molecule has 10 heteroatoms. The number of anilines is 1. The van der Waals surface area contributed by atoms with E-state index >= 15 is 0 Å². The van der Waals surface area contributed by atoms with Crippen LogP contribution in [0.15, 0.2) is 88.4 Å². The van der Waals surface area contributed by atoms with Crippen LogP contribution in [0.4, 0.5) is 16.2 Å². The van der Waals surface area contributed by atoms with Crippen molar-refractivity contribution in [3.63, 3.8) is 0 Å². The standard InChI is InChI=1S/C25H19BrN4O5/c26-18-8-12-19(13-9-18)29-23(24(31)28-14-15-35-25(28)32)21(16-6-10-20(11-7-16)30(33)34)22(27-29)17-4-2-1-3-5-17/h1-13,21,23H,14-15H2/t21-,23-/m1/s1. The normalized spacial score (nSPS) is 19.5. The molecule has 2 aliphatic rings. The van der Waals surface area contributed by atoms with Gasteiger partial charge in [0.1, 0.15) is 12.6 Å². The van der Waals surface area contributed by atoms with Gasteiger partial charge in [0.15, 0.2) is 0 Å². The minimum atomic E-state index is -0.904. The third kappa shape index (κ3) is 4.28. The molecule has 1 saturated heterocycles. The number of non-ortho nitro benzene ring substituents is 1. The number of nitro benzene ring substituents is 1. The van der Waals surface area contributed by atoms with E-state index in [1.54, 1.807) is 17.1 Å². The molecule has 1 fully saturated rings. The van der Waals surface area contributed by atoms with Gasteiger partial charge >= 0.3 is 6.09 Å². The highest BCUT2D eigenvalue weighted by molar-refractivity contribution is 9.10. The second-order valence-electron chi connectivity index (χ2n) is 8.05. The Bertz CT molecular complexity index is 1310. The summed E-state index contributed by atoms with van der Waals surface area (Å²) in [5.74, 6) is -1.05. The van der Waals surface area contributed by atoms with E-state index in [0.29, 0.717) is 17.0 Å². The zero-order chi connectivity index (χ0) is 24.5. The summed E-state index contributed by atoms with van der Waals surface area (Å²) >= 11 is 3.43. The lowest BCUT2D eigenvalue weighted by atomic mass is 9.84. The number of nitro groups is 1. The monoisotopic (exact) mass is 534 g/mol. The van der Waals surface area contributed by atoms with Gasteiger partial charge in [0.05, 0.1) is 28.8 Å². The summed E-state index contributed by atoms with van der Waals surface area (Å²) < 4.78 is 5.89. The quantitative estimate of drug-likeness (QED) is 0.346. The molecule has 9 nitrogen and oxygen atoms in total. The molecule has 0 unspecified atom stereocenters. The SMILES string of the molecule is O=C1OCCN1C(=O)[C@H]1[C@H](c2ccc([N+](=O)[O-])cc2)C(c2ccccc2)=NN1c1ccc(Br)cc1. The number of halogens is 1. The molecule has 3 aromatic rings. The minimum absolute atomic E-state index is 0.0549. The van der Waals surface area contributed by atoms with E-state index in [1.807, 2.05) is 54.6 Å². The molecule has 0 aliphatic carbocycles. The predicted molar refractivity (Wildman–Crippen MR) is 132 cm³/mol. The molecule has 176 valence electrons. The Morgan fingerprint density at radius 2 is 1.71 bits per heavy atom. The number of hydrogen-bond acceptors (Lipinski definition) is 7. The first-order valence-corrected chi connectivity index (χ1v) is 11.6. The zero-order valence-corrected chi connectivity index (χ0v) is 19.9. The second kappa shape index (κ2) is 9.30. The Labute approximate surface area is 208 Å². The fraction of sp³-hybridized carbons (Fsp3) is 0.160. The van der Waals surface area contributed by atoms with E-state index in [-0.39, 0.29) is 18.8 Å². The van der Waals surface area contributed by atoms with E-state index in [9.17, 15) is 19.7 Å². The molecule has 0 bridgehead atoms. The molecule has 0 N–H and O–H groups in total. The van der Waals surface area contributed by atoms with Gasteiger partial charge in [-0.1, -0.05) is 58.4 Å². The number of rotatable bonds is 5. The number of cyclic esters (lactones) is 1. The predicted octanol–water partition coefficient (Wildman–Crippen LogP) is 4.71. The third-order valence-corrected chi connectivity index (χ3v) is 6.52. The van der Waals surface area contributed by atoms with Crippen LogP contribution in [-0.4, -0.2) is 46.7 Å². The summed E-state index contributed by atoms with van der Waals surface area (Å²) in [7, 11) is 0. The molecule has 0 spiro atoms. The fourth-order valence-electron chi connectivity index (χ4n) is 4.33. The Hall–Kier alpha value is -4.05. The van der Waals surface area contributed by atoms with Crippen molar-refractivity contribution in [2.45, 2.75) is 12.0 Å². The average Bonchev–Trinajstić information content (AvgIpc) is 3.49. The minimum Gasteiger partial charge on any atom is -0.447 e. The van der Waals surface area contributed by atoms with Crippen LogP contribution in [0.25, 0.3) is 0 Å². The highest BCUT2D eigenvalue weighted by Gasteiger charge is 2.48. The number of carbonyl (C=O) groups excluding carboxylic acids is 2. The number of hydrazone groups is 1. The van der Waals surface area contributed by atoms with Crippen LogP contribution in [-0.2, 0) is 9.53 Å². The first-order valence-electron chi connectivity index (χ1n) is 10.9. The molecular weight excluding hydrogens is 516 g/mol. The summed E-state index contributed by atoms with van der Waals surface area (Å²) in [5.41, 5.74) is 2.70. The summed E-state index contributed by atoms with van der Waals surface area (Å²) in [6, 6.07) is 22.0. The molecule has 2 amide bonds. The zero-order valence-electron chi connectivity index (χ0n) is 18.3. The smallest absolute Gasteiger partial charge is 0.416 e. The van der Waals surface area contributed by atoms with E-state index in [0.717, 1.165) is 14.9 Å². The van der Waals surface area contributed by atoms with Gasteiger partial charge in [-0.15, -0.1) is 0 Å². The number of imide groups is 1. The van der Waals surface area contributed by atoms with Crippen molar-refractivity contribution in [2.75, 3.05) is 18.2 Å². The average molecular weight is 535 g/mol. The van der Waals surface area contributed by atoms with Crippen LogP contribution in [0.2, 0.25) is 0 Å². The van der Waals surface area contributed by atoms with E-state index in [2.05, 4.69) is 15.9 Å². The van der Waals surface area contributed by atoms with Crippen LogP contribution in [0, 0.1) is 10.1 Å². The summed E-state index contributed by atoms with van der Waals surface area (Å²) in [5, 5.41) is 17.7. The topological polar surface area (TPSA) is 105 Å². The maximum Gasteiger partial charge on any atom is 0.416 e. The lowest BCUT2D eigenvalue weighted by Crippen LogP contribution is -2.48. The first kappa shape index (κ1) is 22.7. The number of carbonyl (C=O) groups is 2. The molecule has 0 saturated carbocycles. The van der Waals surface area contributed by atoms with E-state index in [4.69, 9.17) is 9.84 Å².